The lowest BCUT2D eigenvalue weighted by atomic mass is 9.92. The van der Waals surface area contributed by atoms with E-state index in [2.05, 4.69) is 15.3 Å². The molecule has 13 heteroatoms. The smallest absolute Gasteiger partial charge is 0.382 e. The van der Waals surface area contributed by atoms with Crippen LogP contribution in [0, 0.1) is 0 Å². The van der Waals surface area contributed by atoms with Gasteiger partial charge in [-0.25, -0.2) is 15.0 Å². The van der Waals surface area contributed by atoms with Crippen molar-refractivity contribution >= 4 is 40.6 Å². The van der Waals surface area contributed by atoms with Crippen molar-refractivity contribution in [2.45, 2.75) is 43.8 Å². The van der Waals surface area contributed by atoms with Crippen molar-refractivity contribution in [3.05, 3.63) is 70.9 Å². The maximum Gasteiger partial charge on any atom is 0.416 e. The van der Waals surface area contributed by atoms with Crippen molar-refractivity contribution in [2.24, 2.45) is 0 Å². The number of nitrogens with one attached hydrogen (secondary N) is 1. The number of alkyl halides is 3. The number of anilines is 2. The Labute approximate surface area is 231 Å². The molecule has 0 aliphatic carbocycles. The minimum atomic E-state index is -4.58. The molecule has 6 rings (SSSR count). The summed E-state index contributed by atoms with van der Waals surface area (Å²) in [5.74, 6) is 0.211. The summed E-state index contributed by atoms with van der Waals surface area (Å²) >= 11 is 6.48. The number of carbonyl (C=O) groups is 2. The number of piperidine rings is 1. The van der Waals surface area contributed by atoms with E-state index in [9.17, 15) is 22.8 Å². The monoisotopic (exact) mass is 569 g/mol. The number of nitrogens with two attached hydrogens (primary N) is 1. The third-order valence-corrected chi connectivity index (χ3v) is 7.82. The van der Waals surface area contributed by atoms with Gasteiger partial charge in [-0.2, -0.15) is 13.2 Å². The van der Waals surface area contributed by atoms with E-state index in [-0.39, 0.29) is 40.1 Å². The Balaban J connectivity index is 1.31. The number of nitrogen functional groups attached to an aromatic ring is 1. The lowest BCUT2D eigenvalue weighted by molar-refractivity contribution is -0.137. The van der Waals surface area contributed by atoms with E-state index in [4.69, 9.17) is 22.3 Å². The Hall–Kier alpha value is -4.19. The van der Waals surface area contributed by atoms with E-state index in [1.165, 1.54) is 6.07 Å². The molecule has 3 aromatic heterocycles. The van der Waals surface area contributed by atoms with E-state index in [0.717, 1.165) is 43.4 Å². The summed E-state index contributed by atoms with van der Waals surface area (Å²) in [5.41, 5.74) is 7.05. The van der Waals surface area contributed by atoms with Crippen LogP contribution in [0.5, 0.6) is 0 Å². The molecule has 2 atom stereocenters. The van der Waals surface area contributed by atoms with E-state index in [1.807, 2.05) is 9.30 Å². The number of halogens is 4. The van der Waals surface area contributed by atoms with Crippen LogP contribution < -0.4 is 11.1 Å². The Bertz CT molecular complexity index is 1660. The summed E-state index contributed by atoms with van der Waals surface area (Å²) in [7, 11) is 0. The highest BCUT2D eigenvalue weighted by molar-refractivity contribution is 6.34. The second-order valence-electron chi connectivity index (χ2n) is 9.94. The topological polar surface area (TPSA) is 119 Å². The Morgan fingerprint density at radius 1 is 1.10 bits per heavy atom. The van der Waals surface area contributed by atoms with Gasteiger partial charge in [-0.15, -0.1) is 0 Å². The number of aromatic nitrogens is 4. The van der Waals surface area contributed by atoms with Crippen molar-refractivity contribution in [3.8, 4) is 11.3 Å². The number of amides is 2. The number of hydrogen-bond donors (Lipinski definition) is 2. The van der Waals surface area contributed by atoms with Gasteiger partial charge >= 0.3 is 6.18 Å². The van der Waals surface area contributed by atoms with Crippen LogP contribution >= 0.6 is 11.6 Å². The number of carbonyl (C=O) groups excluding carboxylic acids is 2. The standard InChI is InChI=1S/C27H23ClF3N7O2/c28-19-11-14(2-5-18(19)26(40)35-20-12-16(7-8-33-20)27(29,30)31)22-23-24(32)34-9-10-37(23)25(36-22)15-1-3-17-4-6-21(39)38(17)13-15/h2,5,7-12,15,17H,1,3-4,6,13H2,(H2,32,34)(H,33,35,40). The third-order valence-electron chi connectivity index (χ3n) is 7.51. The molecule has 2 saturated heterocycles. The van der Waals surface area contributed by atoms with Crippen molar-refractivity contribution in [2.75, 3.05) is 17.6 Å². The van der Waals surface area contributed by atoms with Crippen LogP contribution in [0.1, 0.15) is 53.3 Å². The fraction of sp³-hybridized carbons (Fsp3) is 0.296. The fourth-order valence-corrected chi connectivity index (χ4v) is 5.83. The predicted molar refractivity (Wildman–Crippen MR) is 142 cm³/mol. The van der Waals surface area contributed by atoms with Crippen LogP contribution in [0.4, 0.5) is 24.8 Å². The van der Waals surface area contributed by atoms with Gasteiger partial charge in [-0.1, -0.05) is 17.7 Å². The van der Waals surface area contributed by atoms with Crippen molar-refractivity contribution < 1.29 is 22.8 Å². The van der Waals surface area contributed by atoms with Gasteiger partial charge in [0.1, 0.15) is 28.7 Å². The highest BCUT2D eigenvalue weighted by atomic mass is 35.5. The zero-order valence-electron chi connectivity index (χ0n) is 21.0. The van der Waals surface area contributed by atoms with E-state index >= 15 is 0 Å². The van der Waals surface area contributed by atoms with Crippen LogP contribution in [0.25, 0.3) is 16.8 Å². The number of fused-ring (bicyclic) bond motifs is 2. The molecule has 5 heterocycles. The summed E-state index contributed by atoms with van der Waals surface area (Å²) in [6.45, 7) is 0.577. The first-order valence-electron chi connectivity index (χ1n) is 12.7. The molecule has 206 valence electrons. The van der Waals surface area contributed by atoms with Gasteiger partial charge in [0.05, 0.1) is 16.1 Å². The largest absolute Gasteiger partial charge is 0.416 e. The zero-order valence-corrected chi connectivity index (χ0v) is 21.7. The van der Waals surface area contributed by atoms with E-state index in [0.29, 0.717) is 29.7 Å². The molecule has 0 spiro atoms. The van der Waals surface area contributed by atoms with Crippen LogP contribution in [-0.4, -0.2) is 48.7 Å². The lowest BCUT2D eigenvalue weighted by Crippen LogP contribution is -2.41. The van der Waals surface area contributed by atoms with Crippen molar-refractivity contribution in [3.63, 3.8) is 0 Å². The predicted octanol–water partition coefficient (Wildman–Crippen LogP) is 5.17. The van der Waals surface area contributed by atoms with Gasteiger partial charge in [0.25, 0.3) is 5.91 Å². The third kappa shape index (κ3) is 4.61. The van der Waals surface area contributed by atoms with Crippen LogP contribution in [0.2, 0.25) is 5.02 Å². The van der Waals surface area contributed by atoms with Gasteiger partial charge in [0.2, 0.25) is 5.91 Å². The first-order chi connectivity index (χ1) is 19.1. The number of imidazole rings is 1. The van der Waals surface area contributed by atoms with Gasteiger partial charge in [0.15, 0.2) is 0 Å². The molecule has 0 saturated carbocycles. The molecule has 2 aliphatic rings. The first kappa shape index (κ1) is 26.1. The number of hydrogen-bond acceptors (Lipinski definition) is 6. The maximum absolute atomic E-state index is 13.0. The van der Waals surface area contributed by atoms with Gasteiger partial charge in [0, 0.05) is 49.1 Å². The van der Waals surface area contributed by atoms with Crippen LogP contribution in [0.3, 0.4) is 0 Å². The number of benzene rings is 1. The summed E-state index contributed by atoms with van der Waals surface area (Å²) in [6, 6.07) is 6.50. The summed E-state index contributed by atoms with van der Waals surface area (Å²) in [5, 5.41) is 2.43. The Morgan fingerprint density at radius 2 is 1.93 bits per heavy atom. The van der Waals surface area contributed by atoms with Gasteiger partial charge in [-0.05, 0) is 43.5 Å². The van der Waals surface area contributed by atoms with Crippen molar-refractivity contribution in [1.29, 1.82) is 0 Å². The molecule has 4 aromatic rings. The van der Waals surface area contributed by atoms with E-state index < -0.39 is 17.6 Å². The van der Waals surface area contributed by atoms with Crippen LogP contribution in [-0.2, 0) is 11.0 Å². The normalized spacial score (nSPS) is 19.2. The zero-order chi connectivity index (χ0) is 28.2. The van der Waals surface area contributed by atoms with Crippen molar-refractivity contribution in [1.82, 2.24) is 24.3 Å². The second-order valence-corrected chi connectivity index (χ2v) is 10.3. The number of rotatable bonds is 4. The first-order valence-corrected chi connectivity index (χ1v) is 13.0. The molecule has 2 aliphatic heterocycles. The molecule has 40 heavy (non-hydrogen) atoms. The van der Waals surface area contributed by atoms with Gasteiger partial charge in [-0.3, -0.25) is 14.0 Å². The highest BCUT2D eigenvalue weighted by Gasteiger charge is 2.38. The van der Waals surface area contributed by atoms with Crippen LogP contribution in [0.15, 0.2) is 48.9 Å². The minimum Gasteiger partial charge on any atom is -0.382 e. The Kier molecular flexibility index (Phi) is 6.37. The summed E-state index contributed by atoms with van der Waals surface area (Å²) in [6.07, 6.45) is 2.99. The molecule has 1 aromatic carbocycles. The maximum atomic E-state index is 13.0. The van der Waals surface area contributed by atoms with Gasteiger partial charge < -0.3 is 16.0 Å². The molecule has 9 nitrogen and oxygen atoms in total. The molecule has 2 unspecified atom stereocenters. The summed E-state index contributed by atoms with van der Waals surface area (Å²) in [4.78, 5) is 40.1. The Morgan fingerprint density at radius 3 is 2.70 bits per heavy atom. The molecule has 0 radical (unpaired) electrons. The highest BCUT2D eigenvalue weighted by Crippen LogP contribution is 2.38. The fourth-order valence-electron chi connectivity index (χ4n) is 5.56. The minimum absolute atomic E-state index is 0.00170. The van der Waals surface area contributed by atoms with E-state index in [1.54, 1.807) is 24.5 Å². The average molecular weight is 570 g/mol. The molecule has 2 fully saturated rings. The number of nitrogens with zero attached hydrogens (tertiary/aromatic N) is 5. The molecular formula is C27H23ClF3N7O2. The molecule has 3 N–H and O–H groups in total. The quantitative estimate of drug-likeness (QED) is 0.350. The average Bonchev–Trinajstić information content (AvgIpc) is 3.49. The lowest BCUT2D eigenvalue weighted by Gasteiger charge is -2.34. The molecule has 0 bridgehead atoms. The SMILES string of the molecule is Nc1nccn2c(C3CCC4CCC(=O)N4C3)nc(-c3ccc(C(=O)Nc4cc(C(F)(F)F)ccn4)c(Cl)c3)c12. The molecule has 2 amide bonds. The second kappa shape index (κ2) is 9.77. The number of pyridine rings is 1. The molecular weight excluding hydrogens is 547 g/mol. The summed E-state index contributed by atoms with van der Waals surface area (Å²) < 4.78 is 41.0.